The number of nitrogens with zero attached hydrogens (tertiary/aromatic N) is 1. The molecule has 5 heteroatoms. The van der Waals surface area contributed by atoms with Gasteiger partial charge < -0.3 is 9.32 Å². The average Bonchev–Trinajstić information content (AvgIpc) is 2.75. The molecule has 0 radical (unpaired) electrons. The van der Waals surface area contributed by atoms with Gasteiger partial charge in [-0.15, -0.1) is 11.6 Å². The van der Waals surface area contributed by atoms with Crippen LogP contribution in [0.3, 0.4) is 0 Å². The Morgan fingerprint density at radius 2 is 2.18 bits per heavy atom. The second-order valence-electron chi connectivity index (χ2n) is 4.39. The molecule has 3 nitrogen and oxygen atoms in total. The zero-order chi connectivity index (χ0) is 12.4. The van der Waals surface area contributed by atoms with Crippen molar-refractivity contribution in [2.45, 2.75) is 37.1 Å². The van der Waals surface area contributed by atoms with Gasteiger partial charge >= 0.3 is 0 Å². The first-order valence-corrected chi connectivity index (χ1v) is 6.99. The first-order valence-electron chi connectivity index (χ1n) is 5.76. The monoisotopic (exact) mass is 319 g/mol. The number of alkyl halides is 1. The van der Waals surface area contributed by atoms with E-state index in [0.717, 1.165) is 25.7 Å². The molecule has 0 aromatic carbocycles. The van der Waals surface area contributed by atoms with Gasteiger partial charge in [0, 0.05) is 13.1 Å². The number of hydrogen-bond donors (Lipinski definition) is 0. The molecule has 1 aromatic rings. The zero-order valence-corrected chi connectivity index (χ0v) is 12.0. The Morgan fingerprint density at radius 3 is 2.76 bits per heavy atom. The van der Waals surface area contributed by atoms with Gasteiger partial charge in [0.15, 0.2) is 10.4 Å². The van der Waals surface area contributed by atoms with E-state index in [2.05, 4.69) is 15.9 Å². The van der Waals surface area contributed by atoms with E-state index in [9.17, 15) is 4.79 Å². The van der Waals surface area contributed by atoms with E-state index in [1.54, 1.807) is 24.1 Å². The van der Waals surface area contributed by atoms with Crippen molar-refractivity contribution < 1.29 is 9.21 Å². The largest absolute Gasteiger partial charge is 0.444 e. The highest BCUT2D eigenvalue weighted by atomic mass is 79.9. The third-order valence-corrected chi connectivity index (χ3v) is 4.18. The highest BCUT2D eigenvalue weighted by Gasteiger charge is 2.30. The minimum Gasteiger partial charge on any atom is -0.444 e. The van der Waals surface area contributed by atoms with E-state index in [4.69, 9.17) is 16.0 Å². The van der Waals surface area contributed by atoms with Crippen molar-refractivity contribution in [2.75, 3.05) is 7.05 Å². The summed E-state index contributed by atoms with van der Waals surface area (Å²) in [7, 11) is 1.80. The molecule has 2 rings (SSSR count). The summed E-state index contributed by atoms with van der Waals surface area (Å²) < 4.78 is 5.84. The first kappa shape index (κ1) is 13.0. The number of halogens is 2. The molecule has 17 heavy (non-hydrogen) atoms. The fourth-order valence-corrected chi connectivity index (χ4v) is 3.01. The lowest BCUT2D eigenvalue weighted by Gasteiger charge is -2.34. The number of hydrogen-bond acceptors (Lipinski definition) is 2. The molecule has 0 spiro atoms. The molecule has 1 heterocycles. The van der Waals surface area contributed by atoms with Crippen LogP contribution in [-0.2, 0) is 0 Å². The fourth-order valence-electron chi connectivity index (χ4n) is 2.26. The minimum absolute atomic E-state index is 0.0519. The predicted molar refractivity (Wildman–Crippen MR) is 70.4 cm³/mol. The molecule has 1 fully saturated rings. The van der Waals surface area contributed by atoms with Gasteiger partial charge in [-0.25, -0.2) is 0 Å². The van der Waals surface area contributed by atoms with Gasteiger partial charge in [-0.3, -0.25) is 4.79 Å². The van der Waals surface area contributed by atoms with Crippen LogP contribution in [0.2, 0.25) is 0 Å². The van der Waals surface area contributed by atoms with Crippen LogP contribution in [-0.4, -0.2) is 29.3 Å². The van der Waals surface area contributed by atoms with Crippen molar-refractivity contribution in [1.82, 2.24) is 4.90 Å². The fraction of sp³-hybridized carbons (Fsp3) is 0.583. The van der Waals surface area contributed by atoms with E-state index in [1.165, 1.54) is 0 Å². The molecule has 1 aromatic heterocycles. The second-order valence-corrected chi connectivity index (χ2v) is 5.73. The Hall–Kier alpha value is -0.480. The van der Waals surface area contributed by atoms with Gasteiger partial charge in [-0.2, -0.15) is 0 Å². The Balaban J connectivity index is 2.08. The standard InChI is InChI=1S/C12H15BrClNO2/c1-15(9-5-3-2-4-8(9)14)12(16)10-6-7-11(13)17-10/h6-9H,2-5H2,1H3. The summed E-state index contributed by atoms with van der Waals surface area (Å²) in [6.45, 7) is 0. The van der Waals surface area contributed by atoms with Gasteiger partial charge in [0.2, 0.25) is 0 Å². The minimum atomic E-state index is -0.103. The maximum atomic E-state index is 12.2. The van der Waals surface area contributed by atoms with Crippen LogP contribution in [0.1, 0.15) is 36.2 Å². The topological polar surface area (TPSA) is 33.5 Å². The summed E-state index contributed by atoms with van der Waals surface area (Å²) in [6, 6.07) is 3.51. The van der Waals surface area contributed by atoms with Crippen molar-refractivity contribution in [2.24, 2.45) is 0 Å². The normalized spacial score (nSPS) is 24.6. The first-order chi connectivity index (χ1) is 8.09. The van der Waals surface area contributed by atoms with Crippen LogP contribution in [0.4, 0.5) is 0 Å². The van der Waals surface area contributed by atoms with Crippen molar-refractivity contribution in [3.8, 4) is 0 Å². The summed E-state index contributed by atoms with van der Waals surface area (Å²) in [6.07, 6.45) is 4.23. The Kier molecular flexibility index (Phi) is 4.15. The van der Waals surface area contributed by atoms with E-state index in [-0.39, 0.29) is 17.3 Å². The molecule has 0 aliphatic heterocycles. The van der Waals surface area contributed by atoms with E-state index in [0.29, 0.717) is 10.4 Å². The molecule has 0 N–H and O–H groups in total. The Labute approximate surface area is 114 Å². The zero-order valence-electron chi connectivity index (χ0n) is 9.66. The molecule has 94 valence electrons. The SMILES string of the molecule is CN(C(=O)c1ccc(Br)o1)C1CCCCC1Cl. The van der Waals surface area contributed by atoms with E-state index >= 15 is 0 Å². The molecule has 0 saturated heterocycles. The highest BCUT2D eigenvalue weighted by Crippen LogP contribution is 2.28. The predicted octanol–water partition coefficient (Wildman–Crippen LogP) is 3.66. The lowest BCUT2D eigenvalue weighted by Crippen LogP contribution is -2.44. The Morgan fingerprint density at radius 1 is 1.47 bits per heavy atom. The molecule has 1 aliphatic rings. The molecule has 2 atom stereocenters. The summed E-state index contributed by atoms with van der Waals surface area (Å²) in [4.78, 5) is 13.9. The second kappa shape index (κ2) is 5.44. The van der Waals surface area contributed by atoms with Crippen LogP contribution in [0.15, 0.2) is 21.2 Å². The van der Waals surface area contributed by atoms with Crippen LogP contribution in [0.5, 0.6) is 0 Å². The third kappa shape index (κ3) is 2.86. The van der Waals surface area contributed by atoms with E-state index in [1.807, 2.05) is 0 Å². The number of furan rings is 1. The Bertz CT molecular complexity index is 407. The van der Waals surface area contributed by atoms with E-state index < -0.39 is 0 Å². The molecule has 1 aliphatic carbocycles. The summed E-state index contributed by atoms with van der Waals surface area (Å²) in [5, 5.41) is 0.0519. The molecular weight excluding hydrogens is 305 g/mol. The molecule has 1 saturated carbocycles. The highest BCUT2D eigenvalue weighted by molar-refractivity contribution is 9.10. The summed E-state index contributed by atoms with van der Waals surface area (Å²) in [5.74, 6) is 0.252. The van der Waals surface area contributed by atoms with Crippen LogP contribution in [0.25, 0.3) is 0 Å². The number of carbonyl (C=O) groups is 1. The quantitative estimate of drug-likeness (QED) is 0.779. The van der Waals surface area contributed by atoms with Gasteiger partial charge in [-0.1, -0.05) is 12.8 Å². The lowest BCUT2D eigenvalue weighted by atomic mass is 9.94. The van der Waals surface area contributed by atoms with Crippen LogP contribution < -0.4 is 0 Å². The van der Waals surface area contributed by atoms with Crippen LogP contribution in [0, 0.1) is 0 Å². The van der Waals surface area contributed by atoms with Crippen LogP contribution >= 0.6 is 27.5 Å². The van der Waals surface area contributed by atoms with Gasteiger partial charge in [0.25, 0.3) is 5.91 Å². The maximum Gasteiger partial charge on any atom is 0.289 e. The number of carbonyl (C=O) groups excluding carboxylic acids is 1. The van der Waals surface area contributed by atoms with Gasteiger partial charge in [-0.05, 0) is 40.9 Å². The summed E-state index contributed by atoms with van der Waals surface area (Å²) >= 11 is 9.47. The van der Waals surface area contributed by atoms with Crippen molar-refractivity contribution in [1.29, 1.82) is 0 Å². The smallest absolute Gasteiger partial charge is 0.289 e. The molecular formula is C12H15BrClNO2. The molecule has 1 amide bonds. The lowest BCUT2D eigenvalue weighted by molar-refractivity contribution is 0.0667. The van der Waals surface area contributed by atoms with Crippen molar-refractivity contribution >= 4 is 33.4 Å². The third-order valence-electron chi connectivity index (χ3n) is 3.25. The molecule has 0 bridgehead atoms. The molecule has 2 unspecified atom stereocenters. The number of amides is 1. The van der Waals surface area contributed by atoms with Crippen molar-refractivity contribution in [3.63, 3.8) is 0 Å². The van der Waals surface area contributed by atoms with Gasteiger partial charge in [0.05, 0.1) is 5.38 Å². The maximum absolute atomic E-state index is 12.2. The number of rotatable bonds is 2. The van der Waals surface area contributed by atoms with Gasteiger partial charge in [0.1, 0.15) is 0 Å². The summed E-state index contributed by atoms with van der Waals surface area (Å²) in [5.41, 5.74) is 0. The van der Waals surface area contributed by atoms with Crippen molar-refractivity contribution in [3.05, 3.63) is 22.6 Å². The average molecular weight is 321 g/mol.